The monoisotopic (exact) mass is 922 g/mol. The summed E-state index contributed by atoms with van der Waals surface area (Å²) in [5.41, 5.74) is 6.05. The van der Waals surface area contributed by atoms with E-state index in [0.29, 0.717) is 57.1 Å². The number of hydrogen-bond acceptors (Lipinski definition) is 5. The zero-order chi connectivity index (χ0) is 55.8. The Labute approximate surface area is 423 Å². The molecule has 13 rings (SSSR count). The van der Waals surface area contributed by atoms with E-state index in [1.807, 2.05) is 150 Å². The summed E-state index contributed by atoms with van der Waals surface area (Å²) < 4.78 is 101. The molecule has 4 aromatic heterocycles. The van der Waals surface area contributed by atoms with Crippen LogP contribution in [0.15, 0.2) is 255 Å². The lowest BCUT2D eigenvalue weighted by molar-refractivity contribution is -0.566. The van der Waals surface area contributed by atoms with E-state index in [9.17, 15) is 0 Å². The van der Waals surface area contributed by atoms with Crippen molar-refractivity contribution in [3.05, 3.63) is 255 Å². The van der Waals surface area contributed by atoms with E-state index < -0.39 is 60.4 Å². The molecule has 0 aliphatic heterocycles. The Morgan fingerprint density at radius 2 is 1.06 bits per heavy atom. The lowest BCUT2D eigenvalue weighted by atomic mass is 9.95. The van der Waals surface area contributed by atoms with Gasteiger partial charge in [-0.2, -0.15) is 9.13 Å². The minimum Gasteiger partial charge on any atom is -0.456 e. The van der Waals surface area contributed by atoms with Crippen LogP contribution in [-0.4, -0.2) is 29.1 Å². The maximum Gasteiger partial charge on any atom is 0.255 e. The van der Waals surface area contributed by atoms with Crippen LogP contribution in [-0.2, 0) is 0 Å². The molecule has 0 N–H and O–H groups in total. The highest BCUT2D eigenvalue weighted by Gasteiger charge is 2.26. The molecule has 0 atom stereocenters. The van der Waals surface area contributed by atoms with Crippen molar-refractivity contribution >= 4 is 32.8 Å². The van der Waals surface area contributed by atoms with Crippen LogP contribution in [0.5, 0.6) is 11.5 Å². The van der Waals surface area contributed by atoms with Gasteiger partial charge in [0.15, 0.2) is 28.5 Å². The molecule has 8 nitrogen and oxygen atoms in total. The average Bonchev–Trinajstić information content (AvgIpc) is 4.22. The van der Waals surface area contributed by atoms with Crippen LogP contribution in [0.1, 0.15) is 13.7 Å². The fourth-order valence-corrected chi connectivity index (χ4v) is 9.21. The van der Waals surface area contributed by atoms with Gasteiger partial charge in [0.05, 0.1) is 30.3 Å². The number of rotatable bonds is 10. The number of ether oxygens (including phenoxy) is 1. The number of nitrogens with zero attached hydrogens (tertiary/aromatic N) is 7. The van der Waals surface area contributed by atoms with Crippen molar-refractivity contribution in [3.63, 3.8) is 0 Å². The Kier molecular flexibility index (Phi) is 7.99. The summed E-state index contributed by atoms with van der Waals surface area (Å²) >= 11 is 0. The highest BCUT2D eigenvalue weighted by atomic mass is 16.5. The highest BCUT2D eigenvalue weighted by molar-refractivity contribution is 6.11. The molecule has 13 aromatic rings. The average molecular weight is 923 g/mol. The number of benzene rings is 9. The molecule has 0 radical (unpaired) electrons. The maximum absolute atomic E-state index is 9.13. The SMILES string of the molecule is [2H]c1c([2H])c([2H])c(-c2cccc(-c3c([2H])c([2H])c([2H])c([2H])c3[2H])c2-[n+]2cn(-c3cccc(Oc4cc5c(cc4-c4nc(-c6ccccc6)nc(-c6ccccc6)n4)c4ccccc4n5-c4ccccn4)c3)c3ccccc32)c([2H])c1[2H]. The van der Waals surface area contributed by atoms with Crippen LogP contribution in [0.4, 0.5) is 0 Å². The van der Waals surface area contributed by atoms with E-state index in [-0.39, 0.29) is 27.9 Å². The standard InChI is InChI=1S/C63H42N7O/c1-5-21-43(22-6-1)49-32-20-33-50(44-23-7-2-8-24-44)60(49)69-42-68(55-35-15-16-36-56(55)69)47-29-19-30-48(39-47)71-58-41-57-52(51-31-13-14-34-54(51)70(57)59-37-17-18-38-64-59)40-53(58)63-66-61(45-25-9-3-10-26-45)65-62(67-63)46-27-11-4-12-28-46/h1-42H/q+1/i1D,2D,5D,6D,7D,8D,21D,22D,23D,24D. The number of fused-ring (bicyclic) bond motifs is 4. The first kappa shape index (κ1) is 32.0. The summed E-state index contributed by atoms with van der Waals surface area (Å²) in [7, 11) is 0. The third-order valence-electron chi connectivity index (χ3n) is 12.4. The zero-order valence-electron chi connectivity index (χ0n) is 47.5. The summed E-state index contributed by atoms with van der Waals surface area (Å²) in [4.78, 5) is 20.1. The first-order chi connectivity index (χ1) is 39.4. The van der Waals surface area contributed by atoms with Crippen LogP contribution in [0, 0.1) is 0 Å². The number of aromatic nitrogens is 7. The third-order valence-corrected chi connectivity index (χ3v) is 12.4. The number of pyridine rings is 1. The van der Waals surface area contributed by atoms with E-state index in [2.05, 4.69) is 22.8 Å². The first-order valence-electron chi connectivity index (χ1n) is 27.8. The normalized spacial score (nSPS) is 13.4. The molecule has 0 fully saturated rings. The zero-order valence-corrected chi connectivity index (χ0v) is 37.5. The minimum absolute atomic E-state index is 0.134. The number of hydrogen-bond donors (Lipinski definition) is 0. The molecule has 0 aliphatic carbocycles. The van der Waals surface area contributed by atoms with Crippen LogP contribution < -0.4 is 9.30 Å². The van der Waals surface area contributed by atoms with E-state index in [1.54, 1.807) is 35.3 Å². The van der Waals surface area contributed by atoms with Crippen molar-refractivity contribution in [2.75, 3.05) is 0 Å². The van der Waals surface area contributed by atoms with Gasteiger partial charge in [-0.05, 0) is 59.7 Å². The second-order valence-electron chi connectivity index (χ2n) is 16.6. The summed E-state index contributed by atoms with van der Waals surface area (Å²) in [6, 6.07) is 51.8. The van der Waals surface area contributed by atoms with Crippen molar-refractivity contribution in [2.24, 2.45) is 0 Å². The smallest absolute Gasteiger partial charge is 0.255 e. The van der Waals surface area contributed by atoms with Crippen molar-refractivity contribution in [1.82, 2.24) is 29.1 Å². The Balaban J connectivity index is 1.03. The van der Waals surface area contributed by atoms with Crippen molar-refractivity contribution < 1.29 is 23.0 Å². The van der Waals surface area contributed by atoms with E-state index in [0.717, 1.165) is 32.9 Å². The molecule has 8 heteroatoms. The van der Waals surface area contributed by atoms with Crippen molar-refractivity contribution in [1.29, 1.82) is 0 Å². The first-order valence-corrected chi connectivity index (χ1v) is 22.8. The Morgan fingerprint density at radius 1 is 0.451 bits per heavy atom. The Morgan fingerprint density at radius 3 is 1.73 bits per heavy atom. The molecule has 0 bridgehead atoms. The van der Waals surface area contributed by atoms with Crippen LogP contribution in [0.25, 0.3) is 106 Å². The molecule has 0 spiro atoms. The summed E-state index contributed by atoms with van der Waals surface area (Å²) in [6.07, 6.45) is 3.52. The fraction of sp³-hybridized carbons (Fsp3) is 0. The maximum atomic E-state index is 9.13. The van der Waals surface area contributed by atoms with Gasteiger partial charge < -0.3 is 4.74 Å². The molecule has 0 aliphatic rings. The van der Waals surface area contributed by atoms with E-state index in [4.69, 9.17) is 38.4 Å². The predicted molar refractivity (Wildman–Crippen MR) is 284 cm³/mol. The quantitative estimate of drug-likeness (QED) is 0.128. The second-order valence-corrected chi connectivity index (χ2v) is 16.6. The molecular weight excluding hydrogens is 871 g/mol. The van der Waals surface area contributed by atoms with Gasteiger partial charge in [0.2, 0.25) is 0 Å². The van der Waals surface area contributed by atoms with Gasteiger partial charge in [-0.3, -0.25) is 4.57 Å². The molecule has 334 valence electrons. The molecular formula is C63H42N7O+. The Bertz CT molecular complexity index is 4490. The highest BCUT2D eigenvalue weighted by Crippen LogP contribution is 2.42. The number of para-hydroxylation sites is 4. The molecule has 0 saturated carbocycles. The molecule has 4 heterocycles. The predicted octanol–water partition coefficient (Wildman–Crippen LogP) is 14.7. The minimum atomic E-state index is -0.576. The summed E-state index contributed by atoms with van der Waals surface area (Å²) in [6.45, 7) is 0. The van der Waals surface area contributed by atoms with Gasteiger partial charge in [0, 0.05) is 51.4 Å². The van der Waals surface area contributed by atoms with Gasteiger partial charge in [-0.25, -0.2) is 19.9 Å². The van der Waals surface area contributed by atoms with Gasteiger partial charge in [-0.15, -0.1) is 0 Å². The Hall–Kier alpha value is -9.79. The van der Waals surface area contributed by atoms with Crippen LogP contribution in [0.2, 0.25) is 0 Å². The molecule has 0 amide bonds. The van der Waals surface area contributed by atoms with E-state index in [1.165, 1.54) is 0 Å². The van der Waals surface area contributed by atoms with Crippen molar-refractivity contribution in [3.8, 4) is 85.1 Å². The summed E-state index contributed by atoms with van der Waals surface area (Å²) in [5.74, 6) is 2.87. The van der Waals surface area contributed by atoms with Gasteiger partial charge in [0.25, 0.3) is 6.33 Å². The summed E-state index contributed by atoms with van der Waals surface area (Å²) in [5, 5.41) is 1.88. The molecule has 9 aromatic carbocycles. The lowest BCUT2D eigenvalue weighted by Crippen LogP contribution is -2.30. The van der Waals surface area contributed by atoms with Crippen LogP contribution >= 0.6 is 0 Å². The van der Waals surface area contributed by atoms with E-state index >= 15 is 0 Å². The van der Waals surface area contributed by atoms with Crippen molar-refractivity contribution in [2.45, 2.75) is 0 Å². The fourth-order valence-electron chi connectivity index (χ4n) is 9.21. The van der Waals surface area contributed by atoms with Gasteiger partial charge in [-0.1, -0.05) is 182 Å². The van der Waals surface area contributed by atoms with Gasteiger partial charge in [0.1, 0.15) is 28.7 Å². The lowest BCUT2D eigenvalue weighted by Gasteiger charge is -2.14. The molecule has 71 heavy (non-hydrogen) atoms. The van der Waals surface area contributed by atoms with Gasteiger partial charge >= 0.3 is 0 Å². The largest absolute Gasteiger partial charge is 0.456 e. The molecule has 0 saturated heterocycles. The number of imidazole rings is 1. The van der Waals surface area contributed by atoms with Crippen LogP contribution in [0.3, 0.4) is 0 Å². The second kappa shape index (κ2) is 17.7. The molecule has 0 unspecified atom stereocenters. The third kappa shape index (κ3) is 7.57. The topological polar surface area (TPSA) is 74.5 Å².